The Balaban J connectivity index is 1.48. The normalized spacial score (nSPS) is 10.7. The first-order chi connectivity index (χ1) is 13.2. The number of nitrogens with zero attached hydrogens (tertiary/aromatic N) is 3. The van der Waals surface area contributed by atoms with E-state index in [9.17, 15) is 4.79 Å². The molecule has 0 saturated carbocycles. The number of nitrogens with one attached hydrogen (secondary N) is 1. The first-order valence-electron chi connectivity index (χ1n) is 8.58. The zero-order valence-electron chi connectivity index (χ0n) is 14.8. The van der Waals surface area contributed by atoms with Crippen LogP contribution in [-0.4, -0.2) is 20.7 Å². The lowest BCUT2D eigenvalue weighted by molar-refractivity contribution is 0.0950. The quantitative estimate of drug-likeness (QED) is 0.569. The molecule has 0 bridgehead atoms. The van der Waals surface area contributed by atoms with Crippen LogP contribution in [0, 0.1) is 6.92 Å². The topological polar surface area (TPSA) is 59.8 Å². The van der Waals surface area contributed by atoms with E-state index in [0.717, 1.165) is 27.4 Å². The lowest BCUT2D eigenvalue weighted by atomic mass is 10.1. The van der Waals surface area contributed by atoms with Crippen LogP contribution in [0.4, 0.5) is 0 Å². The molecule has 0 radical (unpaired) electrons. The van der Waals surface area contributed by atoms with E-state index in [1.807, 2.05) is 54.9 Å². The standard InChI is InChI=1S/C21H18N4OS/c1-15-19(14-24-25(15)18-6-3-2-4-7-18)21(26)23-12-16-10-17(13-22-11-16)20-8-5-9-27-20/h2-11,13-14H,12H2,1H3,(H,23,26). The number of thiophene rings is 1. The van der Waals surface area contributed by atoms with Gasteiger partial charge in [-0.1, -0.05) is 24.3 Å². The smallest absolute Gasteiger partial charge is 0.255 e. The van der Waals surface area contributed by atoms with Crippen LogP contribution in [0.15, 0.2) is 72.5 Å². The Hall–Kier alpha value is -3.25. The molecule has 0 atom stereocenters. The fourth-order valence-electron chi connectivity index (χ4n) is 2.90. The van der Waals surface area contributed by atoms with E-state index >= 15 is 0 Å². The number of pyridine rings is 1. The molecular formula is C21H18N4OS. The van der Waals surface area contributed by atoms with E-state index in [2.05, 4.69) is 27.5 Å². The highest BCUT2D eigenvalue weighted by Crippen LogP contribution is 2.24. The molecule has 134 valence electrons. The summed E-state index contributed by atoms with van der Waals surface area (Å²) in [5.74, 6) is -0.142. The summed E-state index contributed by atoms with van der Waals surface area (Å²) in [4.78, 5) is 18.1. The summed E-state index contributed by atoms with van der Waals surface area (Å²) in [5, 5.41) is 9.36. The number of para-hydroxylation sites is 1. The van der Waals surface area contributed by atoms with Gasteiger partial charge in [0.1, 0.15) is 0 Å². The average molecular weight is 374 g/mol. The van der Waals surface area contributed by atoms with Gasteiger partial charge in [-0.15, -0.1) is 11.3 Å². The molecule has 0 unspecified atom stereocenters. The fraction of sp³-hybridized carbons (Fsp3) is 0.0952. The van der Waals surface area contributed by atoms with Crippen LogP contribution in [0.5, 0.6) is 0 Å². The zero-order chi connectivity index (χ0) is 18.6. The van der Waals surface area contributed by atoms with Crippen molar-refractivity contribution < 1.29 is 4.79 Å². The Bertz CT molecular complexity index is 1060. The van der Waals surface area contributed by atoms with E-state index < -0.39 is 0 Å². The minimum atomic E-state index is -0.142. The van der Waals surface area contributed by atoms with Gasteiger partial charge in [0.05, 0.1) is 23.1 Å². The summed E-state index contributed by atoms with van der Waals surface area (Å²) in [6, 6.07) is 15.9. The predicted molar refractivity (Wildman–Crippen MR) is 107 cm³/mol. The Morgan fingerprint density at radius 1 is 1.11 bits per heavy atom. The number of carbonyl (C=O) groups excluding carboxylic acids is 1. The van der Waals surface area contributed by atoms with Gasteiger partial charge in [-0.3, -0.25) is 9.78 Å². The van der Waals surface area contributed by atoms with Gasteiger partial charge in [-0.05, 0) is 42.1 Å². The Kier molecular flexibility index (Phi) is 4.80. The van der Waals surface area contributed by atoms with E-state index in [0.29, 0.717) is 12.1 Å². The van der Waals surface area contributed by atoms with Gasteiger partial charge in [0.2, 0.25) is 0 Å². The van der Waals surface area contributed by atoms with Crippen molar-refractivity contribution in [1.82, 2.24) is 20.1 Å². The molecule has 3 heterocycles. The molecule has 5 nitrogen and oxygen atoms in total. The van der Waals surface area contributed by atoms with Crippen LogP contribution < -0.4 is 5.32 Å². The summed E-state index contributed by atoms with van der Waals surface area (Å²) in [6.07, 6.45) is 5.22. The van der Waals surface area contributed by atoms with Crippen molar-refractivity contribution in [1.29, 1.82) is 0 Å². The van der Waals surface area contributed by atoms with Crippen LogP contribution in [0.25, 0.3) is 16.1 Å². The summed E-state index contributed by atoms with van der Waals surface area (Å²) in [6.45, 7) is 2.31. The predicted octanol–water partition coefficient (Wildman–Crippen LogP) is 4.23. The first kappa shape index (κ1) is 17.2. The van der Waals surface area contributed by atoms with Crippen molar-refractivity contribution in [3.8, 4) is 16.1 Å². The second kappa shape index (κ2) is 7.55. The molecule has 4 rings (SSSR count). The van der Waals surface area contributed by atoms with Crippen molar-refractivity contribution in [3.05, 3.63) is 89.3 Å². The Morgan fingerprint density at radius 2 is 1.96 bits per heavy atom. The number of hydrogen-bond acceptors (Lipinski definition) is 4. The first-order valence-corrected chi connectivity index (χ1v) is 9.46. The van der Waals surface area contributed by atoms with Crippen molar-refractivity contribution >= 4 is 17.2 Å². The molecule has 1 aromatic carbocycles. The van der Waals surface area contributed by atoms with Gasteiger partial charge in [0.15, 0.2) is 0 Å². The molecule has 6 heteroatoms. The summed E-state index contributed by atoms with van der Waals surface area (Å²) < 4.78 is 1.77. The molecule has 0 aliphatic rings. The van der Waals surface area contributed by atoms with Crippen molar-refractivity contribution in [3.63, 3.8) is 0 Å². The summed E-state index contributed by atoms with van der Waals surface area (Å²) in [7, 11) is 0. The molecule has 0 aliphatic carbocycles. The molecule has 0 spiro atoms. The largest absolute Gasteiger partial charge is 0.348 e. The van der Waals surface area contributed by atoms with Gasteiger partial charge < -0.3 is 5.32 Å². The monoisotopic (exact) mass is 374 g/mol. The van der Waals surface area contributed by atoms with Gasteiger partial charge in [0.25, 0.3) is 5.91 Å². The van der Waals surface area contributed by atoms with E-state index in [1.54, 1.807) is 28.4 Å². The molecule has 27 heavy (non-hydrogen) atoms. The van der Waals surface area contributed by atoms with Crippen molar-refractivity contribution in [2.45, 2.75) is 13.5 Å². The minimum absolute atomic E-state index is 0.142. The summed E-state index contributed by atoms with van der Waals surface area (Å²) in [5.41, 5.74) is 4.33. The van der Waals surface area contributed by atoms with Gasteiger partial charge in [-0.2, -0.15) is 5.10 Å². The van der Waals surface area contributed by atoms with Crippen LogP contribution in [-0.2, 0) is 6.54 Å². The third-order valence-electron chi connectivity index (χ3n) is 4.31. The number of aromatic nitrogens is 3. The SMILES string of the molecule is Cc1c(C(=O)NCc2cncc(-c3cccs3)c2)cnn1-c1ccccc1. The number of amides is 1. The second-order valence-corrected chi connectivity index (χ2v) is 7.08. The minimum Gasteiger partial charge on any atom is -0.348 e. The molecule has 0 fully saturated rings. The molecule has 3 aromatic heterocycles. The maximum absolute atomic E-state index is 12.6. The van der Waals surface area contributed by atoms with Gasteiger partial charge in [-0.25, -0.2) is 4.68 Å². The van der Waals surface area contributed by atoms with E-state index in [1.165, 1.54) is 0 Å². The highest BCUT2D eigenvalue weighted by molar-refractivity contribution is 7.13. The molecule has 0 saturated heterocycles. The molecule has 0 aliphatic heterocycles. The van der Waals surface area contributed by atoms with Crippen LogP contribution in [0.2, 0.25) is 0 Å². The van der Waals surface area contributed by atoms with E-state index in [4.69, 9.17) is 0 Å². The van der Waals surface area contributed by atoms with Gasteiger partial charge in [0, 0.05) is 29.4 Å². The average Bonchev–Trinajstić information content (AvgIpc) is 3.37. The molecule has 4 aromatic rings. The van der Waals surface area contributed by atoms with Crippen molar-refractivity contribution in [2.24, 2.45) is 0 Å². The number of rotatable bonds is 5. The lowest BCUT2D eigenvalue weighted by Gasteiger charge is -2.07. The van der Waals surface area contributed by atoms with Crippen LogP contribution in [0.1, 0.15) is 21.6 Å². The third-order valence-corrected chi connectivity index (χ3v) is 5.23. The number of carbonyl (C=O) groups is 1. The van der Waals surface area contributed by atoms with Gasteiger partial charge >= 0.3 is 0 Å². The van der Waals surface area contributed by atoms with E-state index in [-0.39, 0.29) is 5.91 Å². The Morgan fingerprint density at radius 3 is 2.74 bits per heavy atom. The third kappa shape index (κ3) is 3.66. The number of hydrogen-bond donors (Lipinski definition) is 1. The maximum Gasteiger partial charge on any atom is 0.255 e. The van der Waals surface area contributed by atoms with Crippen LogP contribution >= 0.6 is 11.3 Å². The lowest BCUT2D eigenvalue weighted by Crippen LogP contribution is -2.23. The van der Waals surface area contributed by atoms with Crippen LogP contribution in [0.3, 0.4) is 0 Å². The van der Waals surface area contributed by atoms with Crippen molar-refractivity contribution in [2.75, 3.05) is 0 Å². The molecule has 1 amide bonds. The zero-order valence-corrected chi connectivity index (χ0v) is 15.6. The Labute approximate surface area is 161 Å². The second-order valence-electron chi connectivity index (χ2n) is 6.13. The molecular weight excluding hydrogens is 356 g/mol. The number of benzene rings is 1. The maximum atomic E-state index is 12.6. The highest BCUT2D eigenvalue weighted by Gasteiger charge is 2.15. The molecule has 1 N–H and O–H groups in total. The summed E-state index contributed by atoms with van der Waals surface area (Å²) >= 11 is 1.67. The highest BCUT2D eigenvalue weighted by atomic mass is 32.1. The fourth-order valence-corrected chi connectivity index (χ4v) is 3.61.